The molecular formula is C31H41ClO9. The van der Waals surface area contributed by atoms with Crippen LogP contribution in [0.4, 0.5) is 0 Å². The van der Waals surface area contributed by atoms with Gasteiger partial charge < -0.3 is 39.4 Å². The van der Waals surface area contributed by atoms with Crippen LogP contribution in [0, 0.1) is 23.7 Å². The lowest BCUT2D eigenvalue weighted by molar-refractivity contribution is -0.277. The first kappa shape index (κ1) is 30.3. The van der Waals surface area contributed by atoms with E-state index in [1.807, 2.05) is 6.07 Å². The van der Waals surface area contributed by atoms with Gasteiger partial charge in [0.15, 0.2) is 0 Å². The third kappa shape index (κ3) is 6.17. The number of carbonyl (C=O) groups is 1. The SMILES string of the molecule is COC(=C1C2CC3CC(C2)CC1C3)c1ccc(/C=C/C(=O)OC(C)(C)C)c(OC2OC(CO)C(O)C(O)C2O)c1Cl. The zero-order valence-corrected chi connectivity index (χ0v) is 24.7. The topological polar surface area (TPSA) is 135 Å². The molecule has 1 aliphatic heterocycles. The maximum Gasteiger partial charge on any atom is 0.331 e. The molecule has 6 rings (SSSR count). The number of aliphatic hydroxyl groups is 4. The highest BCUT2D eigenvalue weighted by molar-refractivity contribution is 6.34. The van der Waals surface area contributed by atoms with Gasteiger partial charge in [0.25, 0.3) is 0 Å². The molecule has 5 unspecified atom stereocenters. The maximum absolute atomic E-state index is 12.4. The summed E-state index contributed by atoms with van der Waals surface area (Å²) in [5, 5.41) is 41.0. The van der Waals surface area contributed by atoms with Crippen molar-refractivity contribution >= 4 is 29.4 Å². The molecule has 1 aromatic rings. The van der Waals surface area contributed by atoms with Crippen LogP contribution in [0.25, 0.3) is 11.8 Å². The number of hydrogen-bond donors (Lipinski definition) is 4. The zero-order valence-electron chi connectivity index (χ0n) is 24.0. The average molecular weight is 593 g/mol. The van der Waals surface area contributed by atoms with Crippen molar-refractivity contribution in [2.24, 2.45) is 23.7 Å². The van der Waals surface area contributed by atoms with Gasteiger partial charge in [-0.2, -0.15) is 0 Å². The Morgan fingerprint density at radius 1 is 1.02 bits per heavy atom. The van der Waals surface area contributed by atoms with E-state index in [1.54, 1.807) is 33.9 Å². The molecule has 41 heavy (non-hydrogen) atoms. The van der Waals surface area contributed by atoms with E-state index in [0.29, 0.717) is 28.7 Å². The Bertz CT molecular complexity index is 1170. The smallest absolute Gasteiger partial charge is 0.331 e. The number of methoxy groups -OCH3 is 1. The lowest BCUT2D eigenvalue weighted by atomic mass is 9.54. The number of allylic oxidation sites excluding steroid dienone is 1. The first-order valence-electron chi connectivity index (χ1n) is 14.4. The molecule has 4 bridgehead atoms. The lowest BCUT2D eigenvalue weighted by Gasteiger charge is -2.51. The molecule has 226 valence electrons. The Hall–Kier alpha value is -2.14. The summed E-state index contributed by atoms with van der Waals surface area (Å²) in [6.07, 6.45) is 1.24. The van der Waals surface area contributed by atoms with E-state index in [2.05, 4.69) is 0 Å². The number of halogens is 1. The highest BCUT2D eigenvalue weighted by atomic mass is 35.5. The lowest BCUT2D eigenvalue weighted by Crippen LogP contribution is -2.60. The van der Waals surface area contributed by atoms with Crippen molar-refractivity contribution in [1.29, 1.82) is 0 Å². The monoisotopic (exact) mass is 592 g/mol. The highest BCUT2D eigenvalue weighted by Crippen LogP contribution is 2.58. The van der Waals surface area contributed by atoms with Gasteiger partial charge >= 0.3 is 5.97 Å². The molecule has 10 heteroatoms. The molecule has 1 heterocycles. The van der Waals surface area contributed by atoms with E-state index in [0.717, 1.165) is 37.5 Å². The standard InChI is InChI=1S/C31H41ClO9/c1-31(2,3)41-22(34)8-6-17-5-7-20(29(38-4)23-18-10-15-9-16(12-18)13-19(23)11-15)24(32)28(17)40-30-27(37)26(36)25(35)21(14-33)39-30/h5-8,15-16,18-19,21,25-27,30,33,35-37H,9-14H2,1-4H3/b8-6+,29-23?. The van der Waals surface area contributed by atoms with Crippen LogP contribution in [0.5, 0.6) is 5.75 Å². The summed E-state index contributed by atoms with van der Waals surface area (Å²) in [7, 11) is 1.64. The summed E-state index contributed by atoms with van der Waals surface area (Å²) in [5.41, 5.74) is 1.62. The fourth-order valence-electron chi connectivity index (χ4n) is 7.22. The van der Waals surface area contributed by atoms with Crippen molar-refractivity contribution in [2.75, 3.05) is 13.7 Å². The third-order valence-corrected chi connectivity index (χ3v) is 9.12. The maximum atomic E-state index is 12.4. The number of rotatable bonds is 7. The van der Waals surface area contributed by atoms with Crippen LogP contribution in [0.1, 0.15) is 64.0 Å². The van der Waals surface area contributed by atoms with Gasteiger partial charge in [-0.05, 0) is 94.3 Å². The fourth-order valence-corrected chi connectivity index (χ4v) is 7.52. The molecular weight excluding hydrogens is 552 g/mol. The van der Waals surface area contributed by atoms with Crippen molar-refractivity contribution in [2.45, 2.75) is 89.2 Å². The molecule has 4 aliphatic carbocycles. The van der Waals surface area contributed by atoms with Crippen LogP contribution in [-0.2, 0) is 19.0 Å². The van der Waals surface area contributed by atoms with Gasteiger partial charge in [-0.15, -0.1) is 0 Å². The van der Waals surface area contributed by atoms with E-state index in [1.165, 1.54) is 24.1 Å². The quantitative estimate of drug-likeness (QED) is 0.212. The second kappa shape index (κ2) is 11.9. The molecule has 1 aromatic carbocycles. The number of ether oxygens (including phenoxy) is 4. The van der Waals surface area contributed by atoms with Gasteiger partial charge in [-0.25, -0.2) is 4.79 Å². The Balaban J connectivity index is 1.55. The van der Waals surface area contributed by atoms with E-state index >= 15 is 0 Å². The van der Waals surface area contributed by atoms with Crippen LogP contribution < -0.4 is 4.74 Å². The zero-order chi connectivity index (χ0) is 29.6. The van der Waals surface area contributed by atoms with E-state index < -0.39 is 48.9 Å². The molecule has 4 N–H and O–H groups in total. The summed E-state index contributed by atoms with van der Waals surface area (Å²) < 4.78 is 23.1. The molecule has 5 aliphatic rings. The summed E-state index contributed by atoms with van der Waals surface area (Å²) in [6, 6.07) is 3.56. The van der Waals surface area contributed by atoms with E-state index in [-0.39, 0.29) is 10.8 Å². The summed E-state index contributed by atoms with van der Waals surface area (Å²) in [6.45, 7) is 4.69. The second-order valence-corrected chi connectivity index (χ2v) is 13.2. The van der Waals surface area contributed by atoms with Crippen LogP contribution in [0.2, 0.25) is 5.02 Å². The predicted molar refractivity (Wildman–Crippen MR) is 152 cm³/mol. The molecule has 0 amide bonds. The molecule has 1 saturated heterocycles. The largest absolute Gasteiger partial charge is 0.496 e. The average Bonchev–Trinajstić information content (AvgIpc) is 2.90. The van der Waals surface area contributed by atoms with Gasteiger partial charge in [-0.3, -0.25) is 0 Å². The van der Waals surface area contributed by atoms with Gasteiger partial charge in [-0.1, -0.05) is 17.7 Å². The molecule has 4 saturated carbocycles. The number of carbonyl (C=O) groups excluding carboxylic acids is 1. The second-order valence-electron chi connectivity index (χ2n) is 12.8. The predicted octanol–water partition coefficient (Wildman–Crippen LogP) is 3.69. The van der Waals surface area contributed by atoms with Crippen molar-refractivity contribution in [1.82, 2.24) is 0 Å². The molecule has 0 spiro atoms. The normalized spacial score (nSPS) is 34.7. The van der Waals surface area contributed by atoms with Crippen molar-refractivity contribution in [3.8, 4) is 5.75 Å². The van der Waals surface area contributed by atoms with Crippen molar-refractivity contribution < 1.29 is 44.2 Å². The van der Waals surface area contributed by atoms with Crippen molar-refractivity contribution in [3.63, 3.8) is 0 Å². The minimum Gasteiger partial charge on any atom is -0.496 e. The summed E-state index contributed by atoms with van der Waals surface area (Å²) in [4.78, 5) is 12.4. The fraction of sp³-hybridized carbons (Fsp3) is 0.645. The highest BCUT2D eigenvalue weighted by Gasteiger charge is 2.48. The third-order valence-electron chi connectivity index (χ3n) is 8.74. The Morgan fingerprint density at radius 3 is 2.22 bits per heavy atom. The number of benzene rings is 1. The molecule has 5 fully saturated rings. The van der Waals surface area contributed by atoms with Crippen LogP contribution in [0.15, 0.2) is 23.8 Å². The van der Waals surface area contributed by atoms with Gasteiger partial charge in [0.05, 0.1) is 18.7 Å². The Morgan fingerprint density at radius 2 is 1.66 bits per heavy atom. The van der Waals surface area contributed by atoms with Crippen LogP contribution >= 0.6 is 11.6 Å². The minimum atomic E-state index is -1.64. The van der Waals surface area contributed by atoms with Gasteiger partial charge in [0, 0.05) is 17.2 Å². The number of esters is 1. The molecule has 0 aromatic heterocycles. The van der Waals surface area contributed by atoms with E-state index in [9.17, 15) is 25.2 Å². The van der Waals surface area contributed by atoms with Gasteiger partial charge in [0.2, 0.25) is 6.29 Å². The van der Waals surface area contributed by atoms with E-state index in [4.69, 9.17) is 30.5 Å². The summed E-state index contributed by atoms with van der Waals surface area (Å²) in [5.74, 6) is 2.65. The van der Waals surface area contributed by atoms with Crippen molar-refractivity contribution in [3.05, 3.63) is 39.9 Å². The molecule has 0 radical (unpaired) electrons. The number of aliphatic hydroxyl groups excluding tert-OH is 4. The summed E-state index contributed by atoms with van der Waals surface area (Å²) >= 11 is 7.04. The van der Waals surface area contributed by atoms with Crippen LogP contribution in [-0.4, -0.2) is 76.4 Å². The molecule has 5 atom stereocenters. The van der Waals surface area contributed by atoms with Crippen LogP contribution in [0.3, 0.4) is 0 Å². The molecule has 9 nitrogen and oxygen atoms in total. The Labute approximate surface area is 245 Å². The first-order chi connectivity index (χ1) is 19.4. The minimum absolute atomic E-state index is 0.0901. The Kier molecular flexibility index (Phi) is 8.77. The number of hydrogen-bond acceptors (Lipinski definition) is 9. The van der Waals surface area contributed by atoms with Gasteiger partial charge in [0.1, 0.15) is 41.5 Å². The first-order valence-corrected chi connectivity index (χ1v) is 14.8.